The summed E-state index contributed by atoms with van der Waals surface area (Å²) in [6.45, 7) is 5.56. The molecule has 0 aliphatic heterocycles. The van der Waals surface area contributed by atoms with Crippen molar-refractivity contribution in [1.29, 1.82) is 0 Å². The standard InChI is InChI=1S/C20H20N2O4/c1-12(2)25-20(24)14-5-7-15(8-6-14)21-19(23)11-17-16-10-13(3)4-9-18(16)26-22-17/h4-10,12H,11H2,1-3H3,(H,21,23). The molecule has 26 heavy (non-hydrogen) atoms. The van der Waals surface area contributed by atoms with E-state index in [0.717, 1.165) is 10.9 Å². The quantitative estimate of drug-likeness (QED) is 0.705. The third kappa shape index (κ3) is 4.08. The highest BCUT2D eigenvalue weighted by atomic mass is 16.5. The number of anilines is 1. The maximum Gasteiger partial charge on any atom is 0.338 e. The zero-order valence-electron chi connectivity index (χ0n) is 14.9. The van der Waals surface area contributed by atoms with Crippen LogP contribution in [0.3, 0.4) is 0 Å². The first-order chi connectivity index (χ1) is 12.4. The van der Waals surface area contributed by atoms with Gasteiger partial charge in [0.15, 0.2) is 5.58 Å². The van der Waals surface area contributed by atoms with Gasteiger partial charge in [-0.2, -0.15) is 0 Å². The van der Waals surface area contributed by atoms with Crippen LogP contribution in [0.15, 0.2) is 47.0 Å². The highest BCUT2D eigenvalue weighted by molar-refractivity contribution is 5.95. The first-order valence-corrected chi connectivity index (χ1v) is 8.38. The molecule has 0 unspecified atom stereocenters. The third-order valence-electron chi connectivity index (χ3n) is 3.78. The smallest absolute Gasteiger partial charge is 0.338 e. The number of esters is 1. The lowest BCUT2D eigenvalue weighted by Gasteiger charge is -2.09. The molecule has 0 bridgehead atoms. The molecule has 0 atom stereocenters. The van der Waals surface area contributed by atoms with Gasteiger partial charge < -0.3 is 14.6 Å². The zero-order chi connectivity index (χ0) is 18.7. The number of carbonyl (C=O) groups is 2. The normalized spacial score (nSPS) is 10.9. The molecule has 1 aromatic heterocycles. The Kier molecular flexibility index (Phi) is 5.02. The van der Waals surface area contributed by atoms with Crippen LogP contribution in [-0.2, 0) is 16.0 Å². The van der Waals surface area contributed by atoms with Gasteiger partial charge in [0.2, 0.25) is 5.91 Å². The summed E-state index contributed by atoms with van der Waals surface area (Å²) in [4.78, 5) is 24.1. The molecule has 134 valence electrons. The second-order valence-corrected chi connectivity index (χ2v) is 6.39. The van der Waals surface area contributed by atoms with E-state index in [2.05, 4.69) is 10.5 Å². The monoisotopic (exact) mass is 352 g/mol. The predicted molar refractivity (Wildman–Crippen MR) is 98.1 cm³/mol. The molecule has 0 fully saturated rings. The number of amides is 1. The molecule has 6 nitrogen and oxygen atoms in total. The molecule has 1 N–H and O–H groups in total. The van der Waals surface area contributed by atoms with Gasteiger partial charge in [-0.1, -0.05) is 16.8 Å². The predicted octanol–water partition coefficient (Wildman–Crippen LogP) is 3.88. The lowest BCUT2D eigenvalue weighted by Crippen LogP contribution is -2.15. The number of fused-ring (bicyclic) bond motifs is 1. The maximum absolute atomic E-state index is 12.3. The van der Waals surface area contributed by atoms with E-state index in [1.54, 1.807) is 38.1 Å². The summed E-state index contributed by atoms with van der Waals surface area (Å²) in [5.74, 6) is -0.596. The van der Waals surface area contributed by atoms with Gasteiger partial charge in [0.05, 0.1) is 18.1 Å². The number of nitrogens with zero attached hydrogens (tertiary/aromatic N) is 1. The Labute approximate surface area is 151 Å². The largest absolute Gasteiger partial charge is 0.459 e. The highest BCUT2D eigenvalue weighted by Crippen LogP contribution is 2.20. The Bertz CT molecular complexity index is 942. The summed E-state index contributed by atoms with van der Waals surface area (Å²) in [5, 5.41) is 7.62. The molecule has 1 amide bonds. The van der Waals surface area contributed by atoms with Crippen LogP contribution in [0.5, 0.6) is 0 Å². The summed E-state index contributed by atoms with van der Waals surface area (Å²) < 4.78 is 10.4. The number of carbonyl (C=O) groups excluding carboxylic acids is 2. The van der Waals surface area contributed by atoms with Gasteiger partial charge in [-0.3, -0.25) is 4.79 Å². The first kappa shape index (κ1) is 17.7. The zero-order valence-corrected chi connectivity index (χ0v) is 14.9. The fourth-order valence-electron chi connectivity index (χ4n) is 2.56. The van der Waals surface area contributed by atoms with Gasteiger partial charge in [-0.25, -0.2) is 4.79 Å². The lowest BCUT2D eigenvalue weighted by atomic mass is 10.1. The van der Waals surface area contributed by atoms with Gasteiger partial charge in [-0.05, 0) is 57.2 Å². The summed E-state index contributed by atoms with van der Waals surface area (Å²) in [6, 6.07) is 12.3. The van der Waals surface area contributed by atoms with Gasteiger partial charge in [-0.15, -0.1) is 0 Å². The van der Waals surface area contributed by atoms with Crippen LogP contribution in [0, 0.1) is 6.92 Å². The van der Waals surface area contributed by atoms with E-state index < -0.39 is 0 Å². The highest BCUT2D eigenvalue weighted by Gasteiger charge is 2.14. The Balaban J connectivity index is 1.66. The van der Waals surface area contributed by atoms with E-state index in [4.69, 9.17) is 9.26 Å². The number of aromatic nitrogens is 1. The summed E-state index contributed by atoms with van der Waals surface area (Å²) >= 11 is 0. The van der Waals surface area contributed by atoms with E-state index in [-0.39, 0.29) is 24.4 Å². The van der Waals surface area contributed by atoms with Crippen molar-refractivity contribution in [3.63, 3.8) is 0 Å². The number of ether oxygens (including phenoxy) is 1. The average Bonchev–Trinajstić information content (AvgIpc) is 2.97. The minimum atomic E-state index is -0.387. The molecule has 0 saturated carbocycles. The molecule has 2 aromatic carbocycles. The van der Waals surface area contributed by atoms with Gasteiger partial charge >= 0.3 is 5.97 Å². The number of rotatable bonds is 5. The second-order valence-electron chi connectivity index (χ2n) is 6.39. The summed E-state index contributed by atoms with van der Waals surface area (Å²) in [6.07, 6.45) is -0.0732. The maximum atomic E-state index is 12.3. The van der Waals surface area contributed by atoms with Gasteiger partial charge in [0, 0.05) is 11.1 Å². The molecule has 6 heteroatoms. The lowest BCUT2D eigenvalue weighted by molar-refractivity contribution is -0.115. The molecule has 3 aromatic rings. The number of hydrogen-bond donors (Lipinski definition) is 1. The SMILES string of the molecule is Cc1ccc2onc(CC(=O)Nc3ccc(C(=O)OC(C)C)cc3)c2c1. The van der Waals surface area contributed by atoms with Crippen molar-refractivity contribution in [2.24, 2.45) is 0 Å². The molecule has 0 radical (unpaired) electrons. The Morgan fingerprint density at radius 2 is 1.88 bits per heavy atom. The molecule has 0 aliphatic carbocycles. The topological polar surface area (TPSA) is 81.4 Å². The molecule has 3 rings (SSSR count). The van der Waals surface area contributed by atoms with Crippen LogP contribution in [0.1, 0.15) is 35.5 Å². The van der Waals surface area contributed by atoms with Crippen molar-refractivity contribution in [2.75, 3.05) is 5.32 Å². The van der Waals surface area contributed by atoms with Crippen LogP contribution in [0.25, 0.3) is 11.0 Å². The fraction of sp³-hybridized carbons (Fsp3) is 0.250. The minimum absolute atomic E-state index is 0.105. The van der Waals surface area contributed by atoms with Gasteiger partial charge in [0.25, 0.3) is 0 Å². The molecule has 0 aliphatic rings. The van der Waals surface area contributed by atoms with E-state index in [0.29, 0.717) is 22.5 Å². The molecule has 1 heterocycles. The van der Waals surface area contributed by atoms with E-state index in [1.165, 1.54) is 0 Å². The van der Waals surface area contributed by atoms with Crippen molar-refractivity contribution >= 4 is 28.5 Å². The van der Waals surface area contributed by atoms with E-state index in [1.807, 2.05) is 25.1 Å². The minimum Gasteiger partial charge on any atom is -0.459 e. The first-order valence-electron chi connectivity index (χ1n) is 8.38. The Morgan fingerprint density at radius 1 is 1.15 bits per heavy atom. The molecular weight excluding hydrogens is 332 g/mol. The summed E-state index contributed by atoms with van der Waals surface area (Å²) in [5.41, 5.74) is 3.37. The molecule has 0 spiro atoms. The fourth-order valence-corrected chi connectivity index (χ4v) is 2.56. The van der Waals surface area contributed by atoms with Crippen LogP contribution in [0.2, 0.25) is 0 Å². The van der Waals surface area contributed by atoms with E-state index >= 15 is 0 Å². The molecular formula is C20H20N2O4. The Hall–Kier alpha value is -3.15. The molecule has 0 saturated heterocycles. The summed E-state index contributed by atoms with van der Waals surface area (Å²) in [7, 11) is 0. The van der Waals surface area contributed by atoms with Crippen molar-refractivity contribution in [3.8, 4) is 0 Å². The second kappa shape index (κ2) is 7.39. The van der Waals surface area contributed by atoms with Crippen molar-refractivity contribution in [1.82, 2.24) is 5.16 Å². The number of hydrogen-bond acceptors (Lipinski definition) is 5. The average molecular weight is 352 g/mol. The number of benzene rings is 2. The van der Waals surface area contributed by atoms with Crippen molar-refractivity contribution < 1.29 is 18.8 Å². The van der Waals surface area contributed by atoms with Crippen molar-refractivity contribution in [3.05, 3.63) is 59.3 Å². The number of aryl methyl sites for hydroxylation is 1. The van der Waals surface area contributed by atoms with Crippen LogP contribution < -0.4 is 5.32 Å². The van der Waals surface area contributed by atoms with Crippen LogP contribution >= 0.6 is 0 Å². The van der Waals surface area contributed by atoms with Crippen molar-refractivity contribution in [2.45, 2.75) is 33.3 Å². The Morgan fingerprint density at radius 3 is 2.58 bits per heavy atom. The van der Waals surface area contributed by atoms with Gasteiger partial charge in [0.1, 0.15) is 5.69 Å². The number of nitrogens with one attached hydrogen (secondary N) is 1. The van der Waals surface area contributed by atoms with E-state index in [9.17, 15) is 9.59 Å². The third-order valence-corrected chi connectivity index (χ3v) is 3.78. The van der Waals surface area contributed by atoms with Crippen LogP contribution in [0.4, 0.5) is 5.69 Å². The van der Waals surface area contributed by atoms with Crippen LogP contribution in [-0.4, -0.2) is 23.1 Å².